The maximum Gasteiger partial charge on any atom is 0.304 e. The van der Waals surface area contributed by atoms with E-state index in [-0.39, 0.29) is 23.6 Å². The average Bonchev–Trinajstić information content (AvgIpc) is 2.43. The number of hydrogen-bond acceptors (Lipinski definition) is 5. The Balaban J connectivity index is 3.22. The number of rotatable bonds is 7. The number of halogens is 1. The van der Waals surface area contributed by atoms with Crippen LogP contribution in [0.5, 0.6) is 11.5 Å². The third-order valence-corrected chi connectivity index (χ3v) is 5.58. The third-order valence-electron chi connectivity index (χ3n) is 2.77. The summed E-state index contributed by atoms with van der Waals surface area (Å²) in [4.78, 5) is 10.5. The van der Waals surface area contributed by atoms with Crippen molar-refractivity contribution in [2.24, 2.45) is 0 Å². The molecule has 1 aromatic carbocycles. The predicted molar refractivity (Wildman–Crippen MR) is 79.3 cm³/mol. The Morgan fingerprint density at radius 2 is 1.81 bits per heavy atom. The molecule has 0 fully saturated rings. The minimum Gasteiger partial charge on any atom is -0.493 e. The second-order valence-electron chi connectivity index (χ2n) is 4.11. The van der Waals surface area contributed by atoms with E-state index >= 15 is 0 Å². The lowest BCUT2D eigenvalue weighted by Gasteiger charge is -2.18. The number of ether oxygens (including phenoxy) is 2. The number of hydrogen-bond donors (Lipinski definition) is 1. The van der Waals surface area contributed by atoms with Crippen LogP contribution in [0.15, 0.2) is 21.5 Å². The minimum absolute atomic E-state index is 0.0203. The van der Waals surface area contributed by atoms with Crippen molar-refractivity contribution in [1.82, 2.24) is 4.31 Å². The molecule has 1 rings (SSSR count). The first-order valence-electron chi connectivity index (χ1n) is 5.83. The highest BCUT2D eigenvalue weighted by molar-refractivity contribution is 9.10. The summed E-state index contributed by atoms with van der Waals surface area (Å²) < 4.78 is 36.3. The number of nitrogens with zero attached hydrogens (tertiary/aromatic N) is 1. The molecular formula is C12H16BrNO6S. The molecular weight excluding hydrogens is 366 g/mol. The number of carboxylic acids is 1. The highest BCUT2D eigenvalue weighted by Gasteiger charge is 2.26. The Hall–Kier alpha value is -1.32. The monoisotopic (exact) mass is 381 g/mol. The van der Waals surface area contributed by atoms with Crippen molar-refractivity contribution in [1.29, 1.82) is 0 Å². The molecule has 21 heavy (non-hydrogen) atoms. The van der Waals surface area contributed by atoms with Gasteiger partial charge in [-0.2, -0.15) is 0 Å². The zero-order chi connectivity index (χ0) is 16.2. The zero-order valence-corrected chi connectivity index (χ0v) is 14.2. The molecule has 0 radical (unpaired) electrons. The fraction of sp³-hybridized carbons (Fsp3) is 0.417. The van der Waals surface area contributed by atoms with Gasteiger partial charge >= 0.3 is 5.97 Å². The lowest BCUT2D eigenvalue weighted by atomic mass is 10.3. The van der Waals surface area contributed by atoms with Crippen molar-refractivity contribution < 1.29 is 27.8 Å². The molecule has 0 amide bonds. The number of carbonyl (C=O) groups is 1. The van der Waals surface area contributed by atoms with E-state index in [1.54, 1.807) is 0 Å². The molecule has 0 aromatic heterocycles. The van der Waals surface area contributed by atoms with Gasteiger partial charge in [-0.3, -0.25) is 4.79 Å². The first-order chi connectivity index (χ1) is 9.73. The molecule has 9 heteroatoms. The van der Waals surface area contributed by atoms with Gasteiger partial charge in [0.05, 0.1) is 20.6 Å². The van der Waals surface area contributed by atoms with Gasteiger partial charge in [0, 0.05) is 24.1 Å². The van der Waals surface area contributed by atoms with Crippen LogP contribution in [-0.2, 0) is 14.8 Å². The van der Waals surface area contributed by atoms with E-state index in [1.165, 1.54) is 33.4 Å². The molecule has 0 spiro atoms. The summed E-state index contributed by atoms with van der Waals surface area (Å²) in [6.07, 6.45) is -0.277. The first-order valence-corrected chi connectivity index (χ1v) is 8.07. The Morgan fingerprint density at radius 3 is 2.29 bits per heavy atom. The van der Waals surface area contributed by atoms with Crippen LogP contribution in [0.2, 0.25) is 0 Å². The number of aliphatic carboxylic acids is 1. The fourth-order valence-electron chi connectivity index (χ4n) is 1.57. The van der Waals surface area contributed by atoms with Gasteiger partial charge in [-0.1, -0.05) is 0 Å². The van der Waals surface area contributed by atoms with Gasteiger partial charge in [0.15, 0.2) is 11.5 Å². The summed E-state index contributed by atoms with van der Waals surface area (Å²) >= 11 is 3.18. The van der Waals surface area contributed by atoms with Gasteiger partial charge in [-0.15, -0.1) is 0 Å². The SMILES string of the molecule is COc1cc(Br)c(S(=O)(=O)N(C)CCC(=O)O)cc1OC. The zero-order valence-electron chi connectivity index (χ0n) is 11.8. The standard InChI is InChI=1S/C12H16BrNO6S/c1-14(5-4-12(15)16)21(17,18)11-7-10(20-3)9(19-2)6-8(11)13/h6-7H,4-5H2,1-3H3,(H,15,16). The molecule has 1 aromatic rings. The van der Waals surface area contributed by atoms with E-state index < -0.39 is 16.0 Å². The highest BCUT2D eigenvalue weighted by atomic mass is 79.9. The van der Waals surface area contributed by atoms with Crippen LogP contribution in [0, 0.1) is 0 Å². The van der Waals surface area contributed by atoms with Crippen molar-refractivity contribution >= 4 is 31.9 Å². The fourth-order valence-corrected chi connectivity index (χ4v) is 3.74. The Labute approximate surface area is 131 Å². The molecule has 0 aliphatic heterocycles. The first kappa shape index (κ1) is 17.7. The van der Waals surface area contributed by atoms with Crippen LogP contribution in [0.25, 0.3) is 0 Å². The van der Waals surface area contributed by atoms with Gasteiger partial charge in [0.2, 0.25) is 10.0 Å². The Kier molecular flexibility index (Phi) is 5.99. The van der Waals surface area contributed by atoms with E-state index in [2.05, 4.69) is 15.9 Å². The highest BCUT2D eigenvalue weighted by Crippen LogP contribution is 2.36. The van der Waals surface area contributed by atoms with Crippen LogP contribution in [0.1, 0.15) is 6.42 Å². The topological polar surface area (TPSA) is 93.1 Å². The number of carboxylic acid groups (broad SMARTS) is 1. The van der Waals surface area contributed by atoms with Gasteiger partial charge < -0.3 is 14.6 Å². The van der Waals surface area contributed by atoms with Crippen molar-refractivity contribution in [3.8, 4) is 11.5 Å². The molecule has 0 aliphatic carbocycles. The van der Waals surface area contributed by atoms with Crippen LogP contribution < -0.4 is 9.47 Å². The summed E-state index contributed by atoms with van der Waals surface area (Å²) in [5.41, 5.74) is 0. The van der Waals surface area contributed by atoms with E-state index in [0.717, 1.165) is 4.31 Å². The van der Waals surface area contributed by atoms with Crippen LogP contribution in [0.4, 0.5) is 0 Å². The van der Waals surface area contributed by atoms with Crippen molar-refractivity contribution in [2.45, 2.75) is 11.3 Å². The smallest absolute Gasteiger partial charge is 0.304 e. The molecule has 1 N–H and O–H groups in total. The van der Waals surface area contributed by atoms with Gasteiger partial charge in [-0.05, 0) is 22.0 Å². The summed E-state index contributed by atoms with van der Waals surface area (Å²) in [7, 11) is 0.327. The van der Waals surface area contributed by atoms with Crippen LogP contribution in [0.3, 0.4) is 0 Å². The van der Waals surface area contributed by atoms with Crippen LogP contribution in [-0.4, -0.2) is 51.6 Å². The largest absolute Gasteiger partial charge is 0.493 e. The Bertz CT molecular complexity index is 631. The minimum atomic E-state index is -3.84. The van der Waals surface area contributed by atoms with Crippen molar-refractivity contribution in [2.75, 3.05) is 27.8 Å². The lowest BCUT2D eigenvalue weighted by Crippen LogP contribution is -2.29. The second kappa shape index (κ2) is 7.10. The molecule has 0 bridgehead atoms. The summed E-state index contributed by atoms with van der Waals surface area (Å²) in [6, 6.07) is 2.81. The molecule has 0 atom stereocenters. The van der Waals surface area contributed by atoms with Gasteiger partial charge in [0.1, 0.15) is 4.90 Å². The van der Waals surface area contributed by atoms with Gasteiger partial charge in [0.25, 0.3) is 0 Å². The van der Waals surface area contributed by atoms with E-state index in [9.17, 15) is 13.2 Å². The molecule has 0 heterocycles. The van der Waals surface area contributed by atoms with E-state index in [1.807, 2.05) is 0 Å². The predicted octanol–water partition coefficient (Wildman–Crippen LogP) is 1.56. The van der Waals surface area contributed by atoms with E-state index in [4.69, 9.17) is 14.6 Å². The maximum absolute atomic E-state index is 12.4. The summed E-state index contributed by atoms with van der Waals surface area (Å²) in [5.74, 6) is -0.411. The molecule has 0 aliphatic rings. The quantitative estimate of drug-likeness (QED) is 0.770. The maximum atomic E-state index is 12.4. The molecule has 0 unspecified atom stereocenters. The molecule has 0 saturated carbocycles. The number of sulfonamides is 1. The third kappa shape index (κ3) is 4.08. The van der Waals surface area contributed by atoms with Crippen molar-refractivity contribution in [3.63, 3.8) is 0 Å². The number of methoxy groups -OCH3 is 2. The molecule has 7 nitrogen and oxygen atoms in total. The normalized spacial score (nSPS) is 11.5. The summed E-state index contributed by atoms with van der Waals surface area (Å²) in [5, 5.41) is 8.64. The summed E-state index contributed by atoms with van der Waals surface area (Å²) in [6.45, 7) is -0.127. The second-order valence-corrected chi connectivity index (χ2v) is 6.98. The molecule has 0 saturated heterocycles. The van der Waals surface area contributed by atoms with Crippen LogP contribution >= 0.6 is 15.9 Å². The average molecular weight is 382 g/mol. The van der Waals surface area contributed by atoms with E-state index in [0.29, 0.717) is 10.2 Å². The van der Waals surface area contributed by atoms with Crippen molar-refractivity contribution in [3.05, 3.63) is 16.6 Å². The molecule has 118 valence electrons. The number of benzene rings is 1. The van der Waals surface area contributed by atoms with Gasteiger partial charge in [-0.25, -0.2) is 12.7 Å². The Morgan fingerprint density at radius 1 is 1.29 bits per heavy atom. The lowest BCUT2D eigenvalue weighted by molar-refractivity contribution is -0.137.